The van der Waals surface area contributed by atoms with E-state index in [2.05, 4.69) is 6.92 Å². The standard InChI is InChI=1S/C29H39NO11/c1-27-9-7-16(31)11-15(27)3-4-17-18-8-10-29(40,28(18,2)13-20(32)25(17)27)21(33)14-41-24(37)6-5-22(34)30-19(26(38)39)12-23(35)36/h11,17-20,25,32,40H,3-10,12-14H2,1-2H3,(H,30,34)(H,35,36)(H,38,39)/t17-,18-,19-,20-,25+,27-,28-,29-/m0/s1. The van der Waals surface area contributed by atoms with Crippen LogP contribution in [0.4, 0.5) is 0 Å². The van der Waals surface area contributed by atoms with E-state index in [-0.39, 0.29) is 41.8 Å². The summed E-state index contributed by atoms with van der Waals surface area (Å²) >= 11 is 0. The molecule has 12 nitrogen and oxygen atoms in total. The highest BCUT2D eigenvalue weighted by molar-refractivity contribution is 5.92. The number of Topliss-reactive ketones (excluding diaryl/α,β-unsaturated/α-hetero) is 1. The van der Waals surface area contributed by atoms with E-state index in [0.29, 0.717) is 19.3 Å². The van der Waals surface area contributed by atoms with Gasteiger partial charge >= 0.3 is 17.9 Å². The number of hydrogen-bond donors (Lipinski definition) is 5. The molecule has 3 saturated carbocycles. The van der Waals surface area contributed by atoms with Crippen molar-refractivity contribution in [2.75, 3.05) is 6.61 Å². The van der Waals surface area contributed by atoms with Gasteiger partial charge < -0.3 is 30.5 Å². The van der Waals surface area contributed by atoms with E-state index in [4.69, 9.17) is 14.9 Å². The Morgan fingerprint density at radius 2 is 1.78 bits per heavy atom. The Hall–Kier alpha value is -3.12. The second kappa shape index (κ2) is 11.3. The maximum atomic E-state index is 13.3. The number of amides is 1. The lowest BCUT2D eigenvalue weighted by molar-refractivity contribution is -0.184. The maximum Gasteiger partial charge on any atom is 0.326 e. The van der Waals surface area contributed by atoms with Crippen molar-refractivity contribution in [1.29, 1.82) is 0 Å². The second-order valence-corrected chi connectivity index (χ2v) is 12.6. The summed E-state index contributed by atoms with van der Waals surface area (Å²) in [4.78, 5) is 71.5. The number of aliphatic hydroxyl groups excluding tert-OH is 1. The molecule has 12 heteroatoms. The molecule has 0 saturated heterocycles. The van der Waals surface area contributed by atoms with Crippen molar-refractivity contribution < 1.29 is 53.9 Å². The van der Waals surface area contributed by atoms with E-state index < -0.39 is 78.6 Å². The first-order chi connectivity index (χ1) is 19.1. The Balaban J connectivity index is 1.36. The molecule has 0 aromatic carbocycles. The van der Waals surface area contributed by atoms with E-state index in [0.717, 1.165) is 18.4 Å². The first-order valence-corrected chi connectivity index (χ1v) is 14.2. The molecular weight excluding hydrogens is 538 g/mol. The van der Waals surface area contributed by atoms with Crippen molar-refractivity contribution in [2.45, 2.75) is 95.8 Å². The van der Waals surface area contributed by atoms with Gasteiger partial charge in [-0.1, -0.05) is 19.4 Å². The average molecular weight is 578 g/mol. The van der Waals surface area contributed by atoms with Gasteiger partial charge in [0.2, 0.25) is 11.7 Å². The highest BCUT2D eigenvalue weighted by Gasteiger charge is 2.68. The number of nitrogens with one attached hydrogen (secondary N) is 1. The number of carboxylic acid groups (broad SMARTS) is 2. The number of esters is 1. The molecular formula is C29H39NO11. The third-order valence-electron chi connectivity index (χ3n) is 10.4. The molecule has 0 radical (unpaired) electrons. The van der Waals surface area contributed by atoms with E-state index in [1.165, 1.54) is 0 Å². The number of ketones is 2. The minimum Gasteiger partial charge on any atom is -0.481 e. The number of hydrogen-bond acceptors (Lipinski definition) is 9. The minimum atomic E-state index is -1.81. The molecule has 0 aromatic heterocycles. The number of carboxylic acids is 2. The zero-order valence-corrected chi connectivity index (χ0v) is 23.4. The van der Waals surface area contributed by atoms with Gasteiger partial charge in [-0.3, -0.25) is 24.0 Å². The average Bonchev–Trinajstić information content (AvgIpc) is 3.16. The summed E-state index contributed by atoms with van der Waals surface area (Å²) in [6.45, 7) is 3.23. The summed E-state index contributed by atoms with van der Waals surface area (Å²) in [5, 5.41) is 43.0. The molecule has 0 aliphatic heterocycles. The van der Waals surface area contributed by atoms with Gasteiger partial charge in [-0.15, -0.1) is 0 Å². The van der Waals surface area contributed by atoms with Crippen molar-refractivity contribution in [1.82, 2.24) is 5.32 Å². The van der Waals surface area contributed by atoms with Crippen LogP contribution in [0.5, 0.6) is 0 Å². The Kier molecular flexibility index (Phi) is 8.48. The molecule has 4 aliphatic carbocycles. The van der Waals surface area contributed by atoms with Gasteiger partial charge in [0.15, 0.2) is 12.4 Å². The summed E-state index contributed by atoms with van der Waals surface area (Å²) in [7, 11) is 0. The lowest BCUT2D eigenvalue weighted by Crippen LogP contribution is -2.62. The highest BCUT2D eigenvalue weighted by atomic mass is 16.5. The molecule has 0 spiro atoms. The van der Waals surface area contributed by atoms with Gasteiger partial charge in [-0.05, 0) is 67.8 Å². The van der Waals surface area contributed by atoms with Crippen LogP contribution in [0.2, 0.25) is 0 Å². The molecule has 41 heavy (non-hydrogen) atoms. The fraction of sp³-hybridized carbons (Fsp3) is 0.724. The number of rotatable bonds is 10. The molecule has 226 valence electrons. The fourth-order valence-corrected chi connectivity index (χ4v) is 8.34. The summed E-state index contributed by atoms with van der Waals surface area (Å²) in [6, 6.07) is -1.65. The predicted octanol–water partition coefficient (Wildman–Crippen LogP) is 1.16. The zero-order chi connectivity index (χ0) is 30.3. The van der Waals surface area contributed by atoms with Gasteiger partial charge in [0.25, 0.3) is 0 Å². The molecule has 4 rings (SSSR count). The lowest BCUT2D eigenvalue weighted by atomic mass is 9.45. The molecule has 1 amide bonds. The number of carbonyl (C=O) groups excluding carboxylic acids is 4. The summed E-state index contributed by atoms with van der Waals surface area (Å²) in [6.07, 6.45) is 2.74. The summed E-state index contributed by atoms with van der Waals surface area (Å²) in [5.41, 5.74) is -1.97. The van der Waals surface area contributed by atoms with Gasteiger partial charge in [-0.25, -0.2) is 4.79 Å². The number of ether oxygens (including phenoxy) is 1. The Morgan fingerprint density at radius 1 is 1.07 bits per heavy atom. The molecule has 4 aliphatic rings. The van der Waals surface area contributed by atoms with Crippen LogP contribution in [0.3, 0.4) is 0 Å². The molecule has 3 fully saturated rings. The van der Waals surface area contributed by atoms with Gasteiger partial charge in [0, 0.05) is 18.3 Å². The van der Waals surface area contributed by atoms with Crippen LogP contribution in [0, 0.1) is 28.6 Å². The first-order valence-electron chi connectivity index (χ1n) is 14.2. The van der Waals surface area contributed by atoms with Crippen LogP contribution in [0.1, 0.15) is 78.1 Å². The Morgan fingerprint density at radius 3 is 2.44 bits per heavy atom. The van der Waals surface area contributed by atoms with Crippen LogP contribution in [-0.2, 0) is 33.5 Å². The van der Waals surface area contributed by atoms with Crippen LogP contribution in [0.25, 0.3) is 0 Å². The van der Waals surface area contributed by atoms with Crippen molar-refractivity contribution in [3.05, 3.63) is 11.6 Å². The first kappa shape index (κ1) is 30.8. The van der Waals surface area contributed by atoms with Crippen molar-refractivity contribution in [3.63, 3.8) is 0 Å². The van der Waals surface area contributed by atoms with Gasteiger partial charge in [0.05, 0.1) is 18.9 Å². The molecule has 0 aromatic rings. The van der Waals surface area contributed by atoms with E-state index in [1.807, 2.05) is 12.2 Å². The normalized spacial score (nSPS) is 36.6. The molecule has 0 unspecified atom stereocenters. The number of fused-ring (bicyclic) bond motifs is 5. The van der Waals surface area contributed by atoms with E-state index in [9.17, 15) is 39.0 Å². The Labute approximate surface area is 237 Å². The Bertz CT molecular complexity index is 1180. The van der Waals surface area contributed by atoms with Gasteiger partial charge in [-0.2, -0.15) is 0 Å². The van der Waals surface area contributed by atoms with E-state index in [1.54, 1.807) is 6.08 Å². The van der Waals surface area contributed by atoms with Crippen molar-refractivity contribution in [3.8, 4) is 0 Å². The van der Waals surface area contributed by atoms with Gasteiger partial charge in [0.1, 0.15) is 11.6 Å². The highest BCUT2D eigenvalue weighted by Crippen LogP contribution is 2.67. The maximum absolute atomic E-state index is 13.3. The zero-order valence-electron chi connectivity index (χ0n) is 23.4. The lowest BCUT2D eigenvalue weighted by Gasteiger charge is -2.60. The summed E-state index contributed by atoms with van der Waals surface area (Å²) in [5.74, 6) is -5.32. The topological polar surface area (TPSA) is 205 Å². The van der Waals surface area contributed by atoms with Crippen LogP contribution >= 0.6 is 0 Å². The molecule has 8 atom stereocenters. The van der Waals surface area contributed by atoms with Crippen molar-refractivity contribution in [2.24, 2.45) is 28.6 Å². The molecule has 5 N–H and O–H groups in total. The van der Waals surface area contributed by atoms with Crippen molar-refractivity contribution >= 4 is 35.4 Å². The number of aliphatic hydroxyl groups is 2. The third kappa shape index (κ3) is 5.55. The second-order valence-electron chi connectivity index (χ2n) is 12.6. The largest absolute Gasteiger partial charge is 0.481 e. The molecule has 0 bridgehead atoms. The number of aliphatic carboxylic acids is 2. The SMILES string of the molecule is C[C@]12CCC(=O)C=C1CC[C@@H]1[C@@H]2[C@@H](O)C[C@@]2(C)[C@H]1CC[C@]2(O)C(=O)COC(=O)CCC(=O)N[C@@H](CC(=O)O)C(=O)O. The van der Waals surface area contributed by atoms with Crippen LogP contribution in [-0.4, -0.2) is 80.2 Å². The van der Waals surface area contributed by atoms with E-state index >= 15 is 0 Å². The predicted molar refractivity (Wildman–Crippen MR) is 140 cm³/mol. The smallest absolute Gasteiger partial charge is 0.326 e. The summed E-state index contributed by atoms with van der Waals surface area (Å²) < 4.78 is 5.06. The van der Waals surface area contributed by atoms with Crippen LogP contribution < -0.4 is 5.32 Å². The monoisotopic (exact) mass is 577 g/mol. The number of allylic oxidation sites excluding steroid dienone is 1. The van der Waals surface area contributed by atoms with Crippen LogP contribution in [0.15, 0.2) is 11.6 Å². The fourth-order valence-electron chi connectivity index (χ4n) is 8.34. The third-order valence-corrected chi connectivity index (χ3v) is 10.4. The molecule has 0 heterocycles. The minimum absolute atomic E-state index is 0.0340. The number of carbonyl (C=O) groups is 6. The quantitative estimate of drug-likeness (QED) is 0.233.